The molecule has 2 rings (SSSR count). The first-order chi connectivity index (χ1) is 9.22. The van der Waals surface area contributed by atoms with Crippen molar-refractivity contribution in [2.45, 2.75) is 25.9 Å². The van der Waals surface area contributed by atoms with Crippen molar-refractivity contribution < 1.29 is 13.9 Å². The highest BCUT2D eigenvalue weighted by Crippen LogP contribution is 2.19. The summed E-state index contributed by atoms with van der Waals surface area (Å²) in [6.07, 6.45) is 1.17. The largest absolute Gasteiger partial charge is 0.464 e. The summed E-state index contributed by atoms with van der Waals surface area (Å²) in [6.45, 7) is 2.41. The van der Waals surface area contributed by atoms with Gasteiger partial charge >= 0.3 is 0 Å². The lowest BCUT2D eigenvalue weighted by Gasteiger charge is -2.10. The Bertz CT molecular complexity index is 537. The smallest absolute Gasteiger partial charge is 0.293 e. The number of rotatable bonds is 6. The molecule has 19 heavy (non-hydrogen) atoms. The molecule has 1 unspecified atom stereocenters. The van der Waals surface area contributed by atoms with Crippen LogP contribution in [0.1, 0.15) is 19.0 Å². The zero-order valence-electron chi connectivity index (χ0n) is 10.6. The fourth-order valence-corrected chi connectivity index (χ4v) is 1.85. The summed E-state index contributed by atoms with van der Waals surface area (Å²) in [6, 6.07) is 8.02. The first-order valence-electron chi connectivity index (χ1n) is 6.12. The molecule has 0 saturated heterocycles. The third-order valence-electron chi connectivity index (χ3n) is 2.92. The van der Waals surface area contributed by atoms with Crippen molar-refractivity contribution in [1.29, 1.82) is 0 Å². The molecule has 5 heteroatoms. The van der Waals surface area contributed by atoms with Crippen molar-refractivity contribution in [3.05, 3.63) is 41.8 Å². The lowest BCUT2D eigenvalue weighted by atomic mass is 10.1. The summed E-state index contributed by atoms with van der Waals surface area (Å²) < 4.78 is 17.8. The highest BCUT2D eigenvalue weighted by Gasteiger charge is 2.11. The van der Waals surface area contributed by atoms with E-state index in [-0.39, 0.29) is 11.9 Å². The number of hydrogen-bond acceptors (Lipinski definition) is 3. The predicted molar refractivity (Wildman–Crippen MR) is 68.9 cm³/mol. The zero-order chi connectivity index (χ0) is 13.7. The topological polar surface area (TPSA) is 55.0 Å². The van der Waals surface area contributed by atoms with Crippen LogP contribution in [0.15, 0.2) is 30.3 Å². The van der Waals surface area contributed by atoms with Gasteiger partial charge in [0.25, 0.3) is 6.47 Å². The number of carbonyl (C=O) groups is 1. The molecular weight excluding hydrogens is 247 g/mol. The number of hydrogen-bond donors (Lipinski definition) is 1. The summed E-state index contributed by atoms with van der Waals surface area (Å²) in [5.74, 6) is -0.273. The maximum atomic E-state index is 12.8. The third-order valence-corrected chi connectivity index (χ3v) is 2.92. The maximum absolute atomic E-state index is 12.8. The Morgan fingerprint density at radius 1 is 1.42 bits per heavy atom. The Balaban J connectivity index is 2.10. The second-order valence-electron chi connectivity index (χ2n) is 4.25. The van der Waals surface area contributed by atoms with Gasteiger partial charge in [-0.15, -0.1) is 0 Å². The van der Waals surface area contributed by atoms with E-state index in [2.05, 4.69) is 10.2 Å². The molecule has 0 aliphatic heterocycles. The van der Waals surface area contributed by atoms with E-state index in [0.29, 0.717) is 12.9 Å². The fraction of sp³-hybridized carbons (Fsp3) is 0.286. The van der Waals surface area contributed by atoms with Gasteiger partial charge in [0.2, 0.25) is 0 Å². The average Bonchev–Trinajstić information content (AvgIpc) is 2.87. The number of aromatic amines is 1. The number of benzene rings is 1. The van der Waals surface area contributed by atoms with Gasteiger partial charge in [0, 0.05) is 17.7 Å². The molecule has 1 aromatic carbocycles. The maximum Gasteiger partial charge on any atom is 0.293 e. The number of carbonyl (C=O) groups excluding carboxylic acids is 1. The van der Waals surface area contributed by atoms with Gasteiger partial charge in [-0.05, 0) is 36.8 Å². The fourth-order valence-electron chi connectivity index (χ4n) is 1.85. The van der Waals surface area contributed by atoms with Crippen LogP contribution >= 0.6 is 0 Å². The van der Waals surface area contributed by atoms with Crippen LogP contribution in [0.2, 0.25) is 0 Å². The van der Waals surface area contributed by atoms with Crippen molar-refractivity contribution in [1.82, 2.24) is 10.2 Å². The first kappa shape index (κ1) is 13.3. The van der Waals surface area contributed by atoms with Gasteiger partial charge in [-0.2, -0.15) is 5.10 Å². The Hall–Kier alpha value is -2.17. The predicted octanol–water partition coefficient (Wildman–Crippen LogP) is 2.71. The van der Waals surface area contributed by atoms with E-state index in [0.717, 1.165) is 23.4 Å². The molecule has 0 saturated carbocycles. The van der Waals surface area contributed by atoms with E-state index in [9.17, 15) is 9.18 Å². The summed E-state index contributed by atoms with van der Waals surface area (Å²) >= 11 is 0. The quantitative estimate of drug-likeness (QED) is 0.814. The molecule has 0 amide bonds. The minimum atomic E-state index is -0.273. The molecule has 1 N–H and O–H groups in total. The number of nitrogens with one attached hydrogen (secondary N) is 1. The van der Waals surface area contributed by atoms with E-state index in [1.54, 1.807) is 12.1 Å². The molecular formula is C14H15FN2O2. The molecule has 100 valence electrons. The Morgan fingerprint density at radius 2 is 2.16 bits per heavy atom. The zero-order valence-corrected chi connectivity index (χ0v) is 10.6. The van der Waals surface area contributed by atoms with Crippen molar-refractivity contribution in [2.24, 2.45) is 0 Å². The van der Waals surface area contributed by atoms with Gasteiger partial charge in [0.15, 0.2) is 0 Å². The third kappa shape index (κ3) is 3.40. The number of nitrogens with zero attached hydrogens (tertiary/aromatic N) is 1. The standard InChI is InChI=1S/C14H15FN2O2/c1-2-13(19-9-18)7-12-8-14(17-16-12)10-3-5-11(15)6-4-10/h3-6,8-9,13H,2,7H2,1H3,(H,16,17). The molecule has 4 nitrogen and oxygen atoms in total. The van der Waals surface area contributed by atoms with Gasteiger partial charge in [-0.25, -0.2) is 4.39 Å². The number of H-pyrrole nitrogens is 1. The van der Waals surface area contributed by atoms with Crippen LogP contribution in [-0.4, -0.2) is 22.8 Å². The summed E-state index contributed by atoms with van der Waals surface area (Å²) in [5, 5.41) is 7.07. The van der Waals surface area contributed by atoms with Crippen LogP contribution in [0.25, 0.3) is 11.3 Å². The molecule has 0 spiro atoms. The van der Waals surface area contributed by atoms with E-state index in [1.807, 2.05) is 13.0 Å². The van der Waals surface area contributed by atoms with E-state index < -0.39 is 0 Å². The van der Waals surface area contributed by atoms with E-state index >= 15 is 0 Å². The Kier molecular flexibility index (Phi) is 4.28. The average molecular weight is 262 g/mol. The molecule has 0 aliphatic carbocycles. The molecule has 2 aromatic rings. The molecule has 0 fully saturated rings. The minimum Gasteiger partial charge on any atom is -0.464 e. The summed E-state index contributed by atoms with van der Waals surface area (Å²) in [5.41, 5.74) is 2.47. The summed E-state index contributed by atoms with van der Waals surface area (Å²) in [4.78, 5) is 10.3. The molecule has 0 bridgehead atoms. The molecule has 1 heterocycles. The van der Waals surface area contributed by atoms with E-state index in [1.165, 1.54) is 12.1 Å². The SMILES string of the molecule is CCC(Cc1cc(-c2ccc(F)cc2)n[nH]1)OC=O. The van der Waals surface area contributed by atoms with Crippen LogP contribution in [0.4, 0.5) is 4.39 Å². The van der Waals surface area contributed by atoms with Crippen molar-refractivity contribution in [3.8, 4) is 11.3 Å². The van der Waals surface area contributed by atoms with Crippen molar-refractivity contribution >= 4 is 6.47 Å². The van der Waals surface area contributed by atoms with Gasteiger partial charge in [-0.1, -0.05) is 6.92 Å². The van der Waals surface area contributed by atoms with Gasteiger partial charge in [0.05, 0.1) is 5.69 Å². The molecule has 0 radical (unpaired) electrons. The number of halogens is 1. The monoisotopic (exact) mass is 262 g/mol. The second kappa shape index (κ2) is 6.13. The van der Waals surface area contributed by atoms with Crippen LogP contribution in [0.5, 0.6) is 0 Å². The van der Waals surface area contributed by atoms with Crippen LogP contribution in [0, 0.1) is 5.82 Å². The highest BCUT2D eigenvalue weighted by atomic mass is 19.1. The minimum absolute atomic E-state index is 0.154. The Morgan fingerprint density at radius 3 is 2.79 bits per heavy atom. The number of ether oxygens (including phenoxy) is 1. The van der Waals surface area contributed by atoms with Crippen LogP contribution in [-0.2, 0) is 16.0 Å². The number of aromatic nitrogens is 2. The van der Waals surface area contributed by atoms with Crippen LogP contribution < -0.4 is 0 Å². The second-order valence-corrected chi connectivity index (χ2v) is 4.25. The van der Waals surface area contributed by atoms with E-state index in [4.69, 9.17) is 4.74 Å². The normalized spacial score (nSPS) is 12.1. The molecule has 1 atom stereocenters. The lowest BCUT2D eigenvalue weighted by molar-refractivity contribution is -0.133. The van der Waals surface area contributed by atoms with Gasteiger partial charge in [0.1, 0.15) is 11.9 Å². The van der Waals surface area contributed by atoms with Gasteiger partial charge < -0.3 is 4.74 Å². The molecule has 1 aromatic heterocycles. The van der Waals surface area contributed by atoms with Crippen LogP contribution in [0.3, 0.4) is 0 Å². The summed E-state index contributed by atoms with van der Waals surface area (Å²) in [7, 11) is 0. The van der Waals surface area contributed by atoms with Crippen molar-refractivity contribution in [3.63, 3.8) is 0 Å². The molecule has 0 aliphatic rings. The lowest BCUT2D eigenvalue weighted by Crippen LogP contribution is -2.14. The Labute approximate surface area is 110 Å². The van der Waals surface area contributed by atoms with Gasteiger partial charge in [-0.3, -0.25) is 9.89 Å². The highest BCUT2D eigenvalue weighted by molar-refractivity contribution is 5.59. The first-order valence-corrected chi connectivity index (χ1v) is 6.12. The van der Waals surface area contributed by atoms with Crippen molar-refractivity contribution in [2.75, 3.05) is 0 Å².